The monoisotopic (exact) mass is 498 g/mol. The van der Waals surface area contributed by atoms with Gasteiger partial charge in [-0.1, -0.05) is 0 Å². The number of anilines is 2. The van der Waals surface area contributed by atoms with Crippen LogP contribution in [0.25, 0.3) is 0 Å². The van der Waals surface area contributed by atoms with Gasteiger partial charge in [-0.3, -0.25) is 0 Å². The van der Waals surface area contributed by atoms with Crippen molar-refractivity contribution < 1.29 is 29.3 Å². The summed E-state index contributed by atoms with van der Waals surface area (Å²) in [6, 6.07) is -1.05. The molecule has 2 N–H and O–H groups in total. The predicted molar refractivity (Wildman–Crippen MR) is 126 cm³/mol. The summed E-state index contributed by atoms with van der Waals surface area (Å²) >= 11 is 0. The SMILES string of the molecule is CCOC(=O)c1cnc(N2C3CCC3(O)N(c3ncc(C(=O)OCC)c(C)n3)C3CCC32O)nc1C. The van der Waals surface area contributed by atoms with Gasteiger partial charge in [0.15, 0.2) is 11.4 Å². The van der Waals surface area contributed by atoms with E-state index in [1.54, 1.807) is 37.5 Å². The van der Waals surface area contributed by atoms with Crippen LogP contribution in [0.5, 0.6) is 0 Å². The summed E-state index contributed by atoms with van der Waals surface area (Å²) in [7, 11) is 0. The Labute approximate surface area is 208 Å². The van der Waals surface area contributed by atoms with Gasteiger partial charge in [0.1, 0.15) is 0 Å². The molecule has 4 unspecified atom stereocenters. The number of aromatic nitrogens is 4. The van der Waals surface area contributed by atoms with Crippen molar-refractivity contribution in [1.82, 2.24) is 19.9 Å². The summed E-state index contributed by atoms with van der Waals surface area (Å²) < 4.78 is 10.1. The van der Waals surface area contributed by atoms with E-state index in [0.29, 0.717) is 37.1 Å². The molecule has 5 rings (SSSR count). The van der Waals surface area contributed by atoms with Crippen molar-refractivity contribution in [2.24, 2.45) is 0 Å². The third-order valence-corrected chi connectivity index (χ3v) is 7.45. The number of esters is 2. The van der Waals surface area contributed by atoms with Crippen molar-refractivity contribution in [2.45, 2.75) is 76.9 Å². The third kappa shape index (κ3) is 3.42. The molecule has 2 saturated carbocycles. The molecule has 3 aliphatic rings. The first kappa shape index (κ1) is 24.3. The summed E-state index contributed by atoms with van der Waals surface area (Å²) in [6.45, 7) is 7.29. The fourth-order valence-corrected chi connectivity index (χ4v) is 5.42. The Morgan fingerprint density at radius 1 is 0.861 bits per heavy atom. The third-order valence-electron chi connectivity index (χ3n) is 7.45. The van der Waals surface area contributed by atoms with E-state index in [9.17, 15) is 19.8 Å². The van der Waals surface area contributed by atoms with E-state index in [1.165, 1.54) is 12.4 Å². The standard InChI is InChI=1S/C24H30N6O6/c1-5-35-19(31)15-11-25-21(27-13(15)3)29-17-7-10-24(17,34)30(18-8-9-23(18,29)33)22-26-12-16(14(4)28-22)20(32)36-6-2/h11-12,17-18,33-34H,5-10H2,1-4H3. The van der Waals surface area contributed by atoms with Crippen molar-refractivity contribution in [2.75, 3.05) is 23.0 Å². The Kier molecular flexibility index (Phi) is 5.83. The number of rotatable bonds is 6. The molecule has 0 spiro atoms. The second-order valence-electron chi connectivity index (χ2n) is 9.39. The smallest absolute Gasteiger partial charge is 0.341 e. The fraction of sp³-hybridized carbons (Fsp3) is 0.583. The lowest BCUT2D eigenvalue weighted by atomic mass is 9.67. The van der Waals surface area contributed by atoms with Gasteiger partial charge in [-0.25, -0.2) is 29.5 Å². The van der Waals surface area contributed by atoms with Crippen LogP contribution in [0, 0.1) is 13.8 Å². The summed E-state index contributed by atoms with van der Waals surface area (Å²) in [5.74, 6) is -0.536. The molecular formula is C24H30N6O6. The Bertz CT molecular complexity index is 1130. The maximum Gasteiger partial charge on any atom is 0.341 e. The molecule has 0 bridgehead atoms. The molecule has 2 aliphatic carbocycles. The van der Waals surface area contributed by atoms with Crippen molar-refractivity contribution in [3.05, 3.63) is 34.9 Å². The molecule has 2 aromatic rings. The minimum Gasteiger partial charge on any atom is -0.462 e. The molecule has 0 aromatic carbocycles. The molecule has 12 heteroatoms. The van der Waals surface area contributed by atoms with Crippen molar-refractivity contribution in [1.29, 1.82) is 0 Å². The predicted octanol–water partition coefficient (Wildman–Crippen LogP) is 1.27. The van der Waals surface area contributed by atoms with Crippen molar-refractivity contribution >= 4 is 23.8 Å². The topological polar surface area (TPSA) is 151 Å². The molecule has 12 nitrogen and oxygen atoms in total. The number of hydrogen-bond donors (Lipinski definition) is 2. The van der Waals surface area contributed by atoms with Crippen LogP contribution in [0.4, 0.5) is 11.9 Å². The van der Waals surface area contributed by atoms with Gasteiger partial charge >= 0.3 is 11.9 Å². The number of carbonyl (C=O) groups is 2. The van der Waals surface area contributed by atoms with Gasteiger partial charge in [0.05, 0.1) is 47.8 Å². The fourth-order valence-electron chi connectivity index (χ4n) is 5.42. The van der Waals surface area contributed by atoms with Gasteiger partial charge in [0.25, 0.3) is 0 Å². The number of aliphatic hydroxyl groups is 2. The average molecular weight is 499 g/mol. The first-order valence-electron chi connectivity index (χ1n) is 12.2. The van der Waals surface area contributed by atoms with Crippen LogP contribution >= 0.6 is 0 Å². The molecule has 3 heterocycles. The van der Waals surface area contributed by atoms with Gasteiger partial charge in [-0.05, 0) is 53.4 Å². The highest BCUT2D eigenvalue weighted by Crippen LogP contribution is 2.56. The minimum atomic E-state index is -1.37. The zero-order valence-corrected chi connectivity index (χ0v) is 20.8. The number of ether oxygens (including phenoxy) is 2. The molecular weight excluding hydrogens is 468 g/mol. The van der Waals surface area contributed by atoms with Gasteiger partial charge in [-0.2, -0.15) is 0 Å². The van der Waals surface area contributed by atoms with Gasteiger partial charge in [0.2, 0.25) is 11.9 Å². The molecule has 36 heavy (non-hydrogen) atoms. The van der Waals surface area contributed by atoms with E-state index in [1.807, 2.05) is 0 Å². The van der Waals surface area contributed by atoms with Crippen LogP contribution in [0.2, 0.25) is 0 Å². The Morgan fingerprint density at radius 3 is 1.53 bits per heavy atom. The van der Waals surface area contributed by atoms with E-state index in [2.05, 4.69) is 19.9 Å². The van der Waals surface area contributed by atoms with Gasteiger partial charge in [-0.15, -0.1) is 0 Å². The first-order chi connectivity index (χ1) is 17.2. The second-order valence-corrected chi connectivity index (χ2v) is 9.39. The first-order valence-corrected chi connectivity index (χ1v) is 12.2. The molecule has 1 saturated heterocycles. The molecule has 2 aromatic heterocycles. The van der Waals surface area contributed by atoms with E-state index >= 15 is 0 Å². The number of carbonyl (C=O) groups excluding carboxylic acids is 2. The highest BCUT2D eigenvalue weighted by atomic mass is 16.5. The maximum absolute atomic E-state index is 12.2. The molecule has 0 radical (unpaired) electrons. The Balaban J connectivity index is 1.50. The number of fused-ring (bicyclic) bond motifs is 2. The number of hydrogen-bond acceptors (Lipinski definition) is 12. The van der Waals surface area contributed by atoms with Crippen LogP contribution in [-0.2, 0) is 9.47 Å². The van der Waals surface area contributed by atoms with Gasteiger partial charge < -0.3 is 29.5 Å². The van der Waals surface area contributed by atoms with Crippen LogP contribution < -0.4 is 9.80 Å². The minimum absolute atomic E-state index is 0.237. The maximum atomic E-state index is 12.2. The average Bonchev–Trinajstić information content (AvgIpc) is 2.82. The molecule has 4 atom stereocenters. The summed E-state index contributed by atoms with van der Waals surface area (Å²) in [4.78, 5) is 45.6. The van der Waals surface area contributed by atoms with Gasteiger partial charge in [0, 0.05) is 12.4 Å². The summed E-state index contributed by atoms with van der Waals surface area (Å²) in [5, 5.41) is 23.6. The van der Waals surface area contributed by atoms with E-state index < -0.39 is 35.5 Å². The lowest BCUT2D eigenvalue weighted by molar-refractivity contribution is -0.176. The zero-order chi connectivity index (χ0) is 25.8. The Hall–Kier alpha value is -3.38. The van der Waals surface area contributed by atoms with Crippen molar-refractivity contribution in [3.63, 3.8) is 0 Å². The Morgan fingerprint density at radius 2 is 1.25 bits per heavy atom. The largest absolute Gasteiger partial charge is 0.462 e. The molecule has 3 fully saturated rings. The van der Waals surface area contributed by atoms with Crippen LogP contribution in [-0.4, -0.2) is 78.8 Å². The molecule has 192 valence electrons. The van der Waals surface area contributed by atoms with Crippen LogP contribution in [0.15, 0.2) is 12.4 Å². The quantitative estimate of drug-likeness (QED) is 0.552. The second kappa shape index (κ2) is 8.63. The number of piperazine rings is 1. The van der Waals surface area contributed by atoms with E-state index in [4.69, 9.17) is 9.47 Å². The molecule has 0 amide bonds. The van der Waals surface area contributed by atoms with Crippen LogP contribution in [0.1, 0.15) is 71.6 Å². The van der Waals surface area contributed by atoms with Crippen LogP contribution in [0.3, 0.4) is 0 Å². The zero-order valence-electron chi connectivity index (χ0n) is 20.8. The summed E-state index contributed by atoms with van der Waals surface area (Å²) in [5.41, 5.74) is -1.37. The summed E-state index contributed by atoms with van der Waals surface area (Å²) in [6.07, 6.45) is 4.84. The highest BCUT2D eigenvalue weighted by Gasteiger charge is 2.70. The number of nitrogens with zero attached hydrogens (tertiary/aromatic N) is 6. The lowest BCUT2D eigenvalue weighted by Gasteiger charge is -2.70. The van der Waals surface area contributed by atoms with Crippen molar-refractivity contribution in [3.8, 4) is 0 Å². The van der Waals surface area contributed by atoms with E-state index in [-0.39, 0.29) is 36.2 Å². The van der Waals surface area contributed by atoms with E-state index in [0.717, 1.165) is 0 Å². The molecule has 1 aliphatic heterocycles. The number of aryl methyl sites for hydroxylation is 2. The lowest BCUT2D eigenvalue weighted by Crippen LogP contribution is -2.87. The normalized spacial score (nSPS) is 28.4. The highest BCUT2D eigenvalue weighted by molar-refractivity contribution is 5.90.